The van der Waals surface area contributed by atoms with Crippen molar-refractivity contribution in [2.75, 3.05) is 46.8 Å². The van der Waals surface area contributed by atoms with Gasteiger partial charge in [-0.2, -0.15) is 0 Å². The zero-order chi connectivity index (χ0) is 21.4. The Morgan fingerprint density at radius 2 is 2.10 bits per heavy atom. The van der Waals surface area contributed by atoms with E-state index in [0.29, 0.717) is 18.5 Å². The summed E-state index contributed by atoms with van der Waals surface area (Å²) in [7, 11) is 3.45. The lowest BCUT2D eigenvalue weighted by Crippen LogP contribution is -2.48. The monoisotopic (exact) mass is 405 g/mol. The maximum Gasteiger partial charge on any atom is 0.243 e. The number of benzene rings is 1. The summed E-state index contributed by atoms with van der Waals surface area (Å²) < 4.78 is 13.6. The highest BCUT2D eigenvalue weighted by molar-refractivity contribution is 5.84. The molecule has 1 fully saturated rings. The summed E-state index contributed by atoms with van der Waals surface area (Å²) in [5.74, 6) is 0.333. The summed E-state index contributed by atoms with van der Waals surface area (Å²) in [4.78, 5) is 20.5. The summed E-state index contributed by atoms with van der Waals surface area (Å²) in [5, 5.41) is 6.76. The zero-order valence-electron chi connectivity index (χ0n) is 18.5. The van der Waals surface area contributed by atoms with Crippen molar-refractivity contribution in [1.29, 1.82) is 0 Å². The number of aliphatic imine (C=N–C) groups is 1. The van der Waals surface area contributed by atoms with Crippen molar-refractivity contribution >= 4 is 11.9 Å². The quantitative estimate of drug-likeness (QED) is 0.514. The highest BCUT2D eigenvalue weighted by Crippen LogP contribution is 2.22. The molecule has 162 valence electrons. The van der Waals surface area contributed by atoms with Gasteiger partial charge in [-0.25, -0.2) is 9.38 Å². The molecule has 0 saturated carbocycles. The average Bonchev–Trinajstić information content (AvgIpc) is 3.14. The number of rotatable bonds is 8. The van der Waals surface area contributed by atoms with Crippen LogP contribution in [-0.4, -0.2) is 74.5 Å². The molecule has 2 N–H and O–H groups in total. The summed E-state index contributed by atoms with van der Waals surface area (Å²) >= 11 is 0. The molecule has 6 nitrogen and oxygen atoms in total. The van der Waals surface area contributed by atoms with Gasteiger partial charge in [0.1, 0.15) is 12.4 Å². The van der Waals surface area contributed by atoms with Crippen LogP contribution in [0.3, 0.4) is 0 Å². The Hall–Kier alpha value is -2.15. The summed E-state index contributed by atoms with van der Waals surface area (Å²) in [6, 6.07) is 7.17. The van der Waals surface area contributed by atoms with E-state index in [4.69, 9.17) is 0 Å². The van der Waals surface area contributed by atoms with Crippen molar-refractivity contribution in [3.63, 3.8) is 0 Å². The van der Waals surface area contributed by atoms with Gasteiger partial charge < -0.3 is 15.5 Å². The second-order valence-corrected chi connectivity index (χ2v) is 8.51. The van der Waals surface area contributed by atoms with Crippen molar-refractivity contribution in [3.05, 3.63) is 35.6 Å². The first kappa shape index (κ1) is 23.1. The van der Waals surface area contributed by atoms with Crippen LogP contribution in [0.1, 0.15) is 39.2 Å². The van der Waals surface area contributed by atoms with Crippen LogP contribution in [0.4, 0.5) is 4.39 Å². The van der Waals surface area contributed by atoms with Crippen LogP contribution in [0.2, 0.25) is 0 Å². The summed E-state index contributed by atoms with van der Waals surface area (Å²) in [5.41, 5.74) is 0.625. The van der Waals surface area contributed by atoms with Crippen LogP contribution < -0.4 is 10.6 Å². The van der Waals surface area contributed by atoms with Crippen LogP contribution in [0.15, 0.2) is 29.3 Å². The van der Waals surface area contributed by atoms with E-state index in [1.54, 1.807) is 26.2 Å². The van der Waals surface area contributed by atoms with E-state index >= 15 is 0 Å². The molecule has 1 aliphatic heterocycles. The number of likely N-dealkylation sites (tertiary alicyclic amines) is 1. The lowest BCUT2D eigenvalue weighted by molar-refractivity contribution is -0.127. The number of carbonyl (C=O) groups excluding carboxylic acids is 1. The topological polar surface area (TPSA) is 60.0 Å². The number of hydrogen-bond donors (Lipinski definition) is 2. The Balaban J connectivity index is 2.03. The van der Waals surface area contributed by atoms with Gasteiger partial charge in [0.05, 0.1) is 0 Å². The van der Waals surface area contributed by atoms with Crippen molar-refractivity contribution in [2.24, 2.45) is 4.99 Å². The number of carbonyl (C=O) groups is 1. The third-order valence-corrected chi connectivity index (χ3v) is 5.59. The normalized spacial score (nSPS) is 18.0. The van der Waals surface area contributed by atoms with Gasteiger partial charge in [0.15, 0.2) is 5.96 Å². The standard InChI is InChI=1S/C22H36FN5O/c1-6-28-12-8-11-19(28)14-24-21(25-15-20(29)27(4)5)26-16-22(2,3)17-9-7-10-18(23)13-17/h7,9-10,13,19H,6,8,11-12,14-16H2,1-5H3,(H2,24,25,26). The fourth-order valence-electron chi connectivity index (χ4n) is 3.54. The Morgan fingerprint density at radius 1 is 1.34 bits per heavy atom. The molecule has 7 heteroatoms. The summed E-state index contributed by atoms with van der Waals surface area (Å²) in [6.45, 7) is 9.93. The molecule has 1 aromatic carbocycles. The molecule has 0 radical (unpaired) electrons. The van der Waals surface area contributed by atoms with Crippen LogP contribution in [-0.2, 0) is 10.2 Å². The van der Waals surface area contributed by atoms with Crippen LogP contribution in [0.25, 0.3) is 0 Å². The lowest BCUT2D eigenvalue weighted by atomic mass is 9.84. The fourth-order valence-corrected chi connectivity index (χ4v) is 3.54. The van der Waals surface area contributed by atoms with Gasteiger partial charge in [0.2, 0.25) is 5.91 Å². The number of halogens is 1. The second-order valence-electron chi connectivity index (χ2n) is 8.51. The predicted molar refractivity (Wildman–Crippen MR) is 117 cm³/mol. The molecule has 1 aromatic rings. The molecule has 1 amide bonds. The van der Waals surface area contributed by atoms with Crippen molar-refractivity contribution < 1.29 is 9.18 Å². The van der Waals surface area contributed by atoms with E-state index in [-0.39, 0.29) is 23.7 Å². The fraction of sp³-hybridized carbons (Fsp3) is 0.636. The molecule has 1 saturated heterocycles. The third kappa shape index (κ3) is 6.99. The molecular formula is C22H36FN5O. The first-order valence-corrected chi connectivity index (χ1v) is 10.5. The largest absolute Gasteiger partial charge is 0.356 e. The van der Waals surface area contributed by atoms with Gasteiger partial charge in [0, 0.05) is 38.6 Å². The number of nitrogens with one attached hydrogen (secondary N) is 2. The molecule has 1 unspecified atom stereocenters. The number of guanidine groups is 1. The molecule has 1 aliphatic rings. The minimum atomic E-state index is -0.293. The number of nitrogens with zero attached hydrogens (tertiary/aromatic N) is 3. The molecule has 1 atom stereocenters. The molecule has 2 rings (SSSR count). The van der Waals surface area contributed by atoms with E-state index in [2.05, 4.69) is 41.3 Å². The first-order chi connectivity index (χ1) is 13.7. The highest BCUT2D eigenvalue weighted by Gasteiger charge is 2.24. The molecular weight excluding hydrogens is 369 g/mol. The Morgan fingerprint density at radius 3 is 2.76 bits per heavy atom. The number of likely N-dealkylation sites (N-methyl/N-ethyl adjacent to an activating group) is 2. The SMILES string of the molecule is CCN1CCCC1CNC(=NCC(=O)N(C)C)NCC(C)(C)c1cccc(F)c1. The summed E-state index contributed by atoms with van der Waals surface area (Å²) in [6.07, 6.45) is 2.38. The van der Waals surface area contributed by atoms with Gasteiger partial charge in [-0.3, -0.25) is 9.69 Å². The Bertz CT molecular complexity index is 704. The van der Waals surface area contributed by atoms with E-state index in [1.165, 1.54) is 23.8 Å². The maximum absolute atomic E-state index is 13.6. The van der Waals surface area contributed by atoms with Crippen molar-refractivity contribution in [1.82, 2.24) is 20.4 Å². The third-order valence-electron chi connectivity index (χ3n) is 5.59. The molecule has 0 aliphatic carbocycles. The predicted octanol–water partition coefficient (Wildman–Crippen LogP) is 2.21. The molecule has 0 aromatic heterocycles. The minimum absolute atomic E-state index is 0.0495. The van der Waals surface area contributed by atoms with E-state index in [1.807, 2.05) is 6.07 Å². The van der Waals surface area contributed by atoms with Crippen molar-refractivity contribution in [2.45, 2.75) is 45.1 Å². The van der Waals surface area contributed by atoms with Gasteiger partial charge in [0.25, 0.3) is 0 Å². The van der Waals surface area contributed by atoms with Crippen LogP contribution in [0, 0.1) is 5.82 Å². The Kier molecular flexibility index (Phi) is 8.44. The number of hydrogen-bond acceptors (Lipinski definition) is 3. The smallest absolute Gasteiger partial charge is 0.243 e. The van der Waals surface area contributed by atoms with Gasteiger partial charge >= 0.3 is 0 Å². The highest BCUT2D eigenvalue weighted by atomic mass is 19.1. The minimum Gasteiger partial charge on any atom is -0.356 e. The average molecular weight is 406 g/mol. The Labute approximate surface area is 174 Å². The van der Waals surface area contributed by atoms with Gasteiger partial charge in [-0.05, 0) is 43.6 Å². The maximum atomic E-state index is 13.6. The lowest BCUT2D eigenvalue weighted by Gasteiger charge is -2.28. The molecule has 0 bridgehead atoms. The van der Waals surface area contributed by atoms with Gasteiger partial charge in [-0.1, -0.05) is 32.9 Å². The molecule has 29 heavy (non-hydrogen) atoms. The van der Waals surface area contributed by atoms with E-state index in [0.717, 1.165) is 25.2 Å². The first-order valence-electron chi connectivity index (χ1n) is 10.5. The van der Waals surface area contributed by atoms with E-state index < -0.39 is 0 Å². The molecule has 1 heterocycles. The van der Waals surface area contributed by atoms with Crippen LogP contribution in [0.5, 0.6) is 0 Å². The number of amides is 1. The zero-order valence-corrected chi connectivity index (χ0v) is 18.5. The second kappa shape index (κ2) is 10.6. The van der Waals surface area contributed by atoms with Gasteiger partial charge in [-0.15, -0.1) is 0 Å². The van der Waals surface area contributed by atoms with E-state index in [9.17, 15) is 9.18 Å². The van der Waals surface area contributed by atoms with Crippen LogP contribution >= 0.6 is 0 Å². The van der Waals surface area contributed by atoms with Crippen molar-refractivity contribution in [3.8, 4) is 0 Å². The molecule has 0 spiro atoms.